The van der Waals surface area contributed by atoms with E-state index < -0.39 is 0 Å². The van der Waals surface area contributed by atoms with Crippen molar-refractivity contribution in [3.8, 4) is 5.75 Å². The Morgan fingerprint density at radius 1 is 1.41 bits per heavy atom. The van der Waals surface area contributed by atoms with Crippen molar-refractivity contribution in [1.29, 1.82) is 0 Å². The smallest absolute Gasteiger partial charge is 0.121 e. The standard InChI is InChI=1S/C14H23NO2/c1-4-13(16)7-8-15-10-12-5-6-14(17-3)11(2)9-12/h5-6,9,13,15-16H,4,7-8,10H2,1-3H3. The monoisotopic (exact) mass is 237 g/mol. The number of benzene rings is 1. The largest absolute Gasteiger partial charge is 0.496 e. The Bertz CT molecular complexity index is 339. The fourth-order valence-corrected chi connectivity index (χ4v) is 1.76. The molecule has 1 aromatic rings. The minimum absolute atomic E-state index is 0.180. The van der Waals surface area contributed by atoms with Crippen LogP contribution in [-0.4, -0.2) is 24.9 Å². The summed E-state index contributed by atoms with van der Waals surface area (Å²) in [5.74, 6) is 0.926. The Kier molecular flexibility index (Phi) is 6.01. The Balaban J connectivity index is 2.34. The van der Waals surface area contributed by atoms with E-state index in [0.29, 0.717) is 0 Å². The van der Waals surface area contributed by atoms with Crippen LogP contribution in [0.15, 0.2) is 18.2 Å². The van der Waals surface area contributed by atoms with Crippen molar-refractivity contribution < 1.29 is 9.84 Å². The maximum atomic E-state index is 9.41. The molecule has 0 aromatic heterocycles. The van der Waals surface area contributed by atoms with Gasteiger partial charge in [0.15, 0.2) is 0 Å². The van der Waals surface area contributed by atoms with Crippen LogP contribution < -0.4 is 10.1 Å². The molecule has 0 saturated carbocycles. The van der Waals surface area contributed by atoms with E-state index >= 15 is 0 Å². The summed E-state index contributed by atoms with van der Waals surface area (Å²) in [5.41, 5.74) is 2.40. The van der Waals surface area contributed by atoms with Gasteiger partial charge in [0.1, 0.15) is 5.75 Å². The van der Waals surface area contributed by atoms with Gasteiger partial charge in [-0.15, -0.1) is 0 Å². The quantitative estimate of drug-likeness (QED) is 0.715. The molecule has 0 amide bonds. The lowest BCUT2D eigenvalue weighted by molar-refractivity contribution is 0.159. The van der Waals surface area contributed by atoms with Gasteiger partial charge in [-0.2, -0.15) is 0 Å². The van der Waals surface area contributed by atoms with E-state index in [1.165, 1.54) is 5.56 Å². The SMILES string of the molecule is CCC(O)CCNCc1ccc(OC)c(C)c1. The minimum atomic E-state index is -0.180. The number of aliphatic hydroxyl groups excluding tert-OH is 1. The molecule has 1 rings (SSSR count). The second-order valence-electron chi connectivity index (χ2n) is 4.33. The maximum absolute atomic E-state index is 9.41. The van der Waals surface area contributed by atoms with Crippen LogP contribution in [0.3, 0.4) is 0 Å². The second-order valence-corrected chi connectivity index (χ2v) is 4.33. The number of hydrogen-bond acceptors (Lipinski definition) is 3. The number of nitrogens with one attached hydrogen (secondary N) is 1. The van der Waals surface area contributed by atoms with Gasteiger partial charge in [-0.05, 0) is 43.5 Å². The van der Waals surface area contributed by atoms with Crippen molar-refractivity contribution in [3.63, 3.8) is 0 Å². The van der Waals surface area contributed by atoms with Gasteiger partial charge in [-0.25, -0.2) is 0 Å². The first-order valence-electron chi connectivity index (χ1n) is 6.19. The van der Waals surface area contributed by atoms with Gasteiger partial charge in [0.25, 0.3) is 0 Å². The summed E-state index contributed by atoms with van der Waals surface area (Å²) in [6.45, 7) is 5.72. The summed E-state index contributed by atoms with van der Waals surface area (Å²) in [6, 6.07) is 6.18. The highest BCUT2D eigenvalue weighted by Gasteiger charge is 2.01. The zero-order chi connectivity index (χ0) is 12.7. The molecule has 0 radical (unpaired) electrons. The van der Waals surface area contributed by atoms with E-state index in [4.69, 9.17) is 4.74 Å². The Hall–Kier alpha value is -1.06. The summed E-state index contributed by atoms with van der Waals surface area (Å²) in [4.78, 5) is 0. The van der Waals surface area contributed by atoms with Crippen LogP contribution in [0.1, 0.15) is 30.9 Å². The first-order chi connectivity index (χ1) is 8.17. The molecule has 1 unspecified atom stereocenters. The van der Waals surface area contributed by atoms with Gasteiger partial charge in [-0.3, -0.25) is 0 Å². The van der Waals surface area contributed by atoms with Crippen molar-refractivity contribution in [2.75, 3.05) is 13.7 Å². The number of aryl methyl sites for hydroxylation is 1. The lowest BCUT2D eigenvalue weighted by Crippen LogP contribution is -2.19. The number of aliphatic hydroxyl groups is 1. The van der Waals surface area contributed by atoms with Gasteiger partial charge >= 0.3 is 0 Å². The van der Waals surface area contributed by atoms with Crippen molar-refractivity contribution in [2.24, 2.45) is 0 Å². The van der Waals surface area contributed by atoms with Crippen LogP contribution in [0.2, 0.25) is 0 Å². The molecule has 0 bridgehead atoms. The number of hydrogen-bond donors (Lipinski definition) is 2. The third-order valence-electron chi connectivity index (χ3n) is 2.91. The fraction of sp³-hybridized carbons (Fsp3) is 0.571. The molecule has 0 spiro atoms. The maximum Gasteiger partial charge on any atom is 0.121 e. The zero-order valence-electron chi connectivity index (χ0n) is 11.0. The third kappa shape index (κ3) is 4.75. The molecule has 3 nitrogen and oxygen atoms in total. The Morgan fingerprint density at radius 3 is 2.76 bits per heavy atom. The average Bonchev–Trinajstić information content (AvgIpc) is 2.34. The summed E-state index contributed by atoms with van der Waals surface area (Å²) < 4.78 is 5.22. The van der Waals surface area contributed by atoms with E-state index in [1.54, 1.807) is 7.11 Å². The highest BCUT2D eigenvalue weighted by molar-refractivity contribution is 5.36. The average molecular weight is 237 g/mol. The molecule has 17 heavy (non-hydrogen) atoms. The summed E-state index contributed by atoms with van der Waals surface area (Å²) in [5, 5.41) is 12.7. The van der Waals surface area contributed by atoms with Gasteiger partial charge in [-0.1, -0.05) is 19.1 Å². The second kappa shape index (κ2) is 7.30. The molecule has 0 fully saturated rings. The molecule has 1 aromatic carbocycles. The molecule has 0 saturated heterocycles. The highest BCUT2D eigenvalue weighted by Crippen LogP contribution is 2.18. The molecule has 0 aliphatic rings. The van der Waals surface area contributed by atoms with E-state index in [1.807, 2.05) is 19.9 Å². The Morgan fingerprint density at radius 2 is 2.18 bits per heavy atom. The van der Waals surface area contributed by atoms with E-state index in [9.17, 15) is 5.11 Å². The van der Waals surface area contributed by atoms with E-state index in [-0.39, 0.29) is 6.10 Å². The molecule has 0 aliphatic carbocycles. The summed E-state index contributed by atoms with van der Waals surface area (Å²) in [6.07, 6.45) is 1.45. The normalized spacial score (nSPS) is 12.5. The van der Waals surface area contributed by atoms with Gasteiger partial charge in [0.2, 0.25) is 0 Å². The molecule has 2 N–H and O–H groups in total. The lowest BCUT2D eigenvalue weighted by atomic mass is 10.1. The predicted octanol–water partition coefficient (Wildman–Crippen LogP) is 2.25. The highest BCUT2D eigenvalue weighted by atomic mass is 16.5. The van der Waals surface area contributed by atoms with Crippen molar-refractivity contribution >= 4 is 0 Å². The van der Waals surface area contributed by atoms with Crippen LogP contribution in [0.4, 0.5) is 0 Å². The fourth-order valence-electron chi connectivity index (χ4n) is 1.76. The van der Waals surface area contributed by atoms with Crippen molar-refractivity contribution in [1.82, 2.24) is 5.32 Å². The number of rotatable bonds is 7. The predicted molar refractivity (Wildman–Crippen MR) is 70.4 cm³/mol. The van der Waals surface area contributed by atoms with E-state index in [2.05, 4.69) is 17.4 Å². The van der Waals surface area contributed by atoms with Crippen molar-refractivity contribution in [3.05, 3.63) is 29.3 Å². The first kappa shape index (κ1) is 14.0. The van der Waals surface area contributed by atoms with Crippen LogP contribution in [0.5, 0.6) is 5.75 Å². The van der Waals surface area contributed by atoms with Gasteiger partial charge in [0, 0.05) is 6.54 Å². The lowest BCUT2D eigenvalue weighted by Gasteiger charge is -2.10. The minimum Gasteiger partial charge on any atom is -0.496 e. The first-order valence-corrected chi connectivity index (χ1v) is 6.19. The van der Waals surface area contributed by atoms with E-state index in [0.717, 1.165) is 37.2 Å². The molecular formula is C14H23NO2. The number of ether oxygens (including phenoxy) is 1. The zero-order valence-corrected chi connectivity index (χ0v) is 11.0. The van der Waals surface area contributed by atoms with Crippen LogP contribution in [-0.2, 0) is 6.54 Å². The summed E-state index contributed by atoms with van der Waals surface area (Å²) >= 11 is 0. The van der Waals surface area contributed by atoms with Crippen molar-refractivity contribution in [2.45, 2.75) is 39.3 Å². The topological polar surface area (TPSA) is 41.5 Å². The molecule has 0 heterocycles. The molecule has 0 aliphatic heterocycles. The van der Waals surface area contributed by atoms with Gasteiger partial charge < -0.3 is 15.2 Å². The van der Waals surface area contributed by atoms with Crippen LogP contribution >= 0.6 is 0 Å². The molecule has 96 valence electrons. The number of methoxy groups -OCH3 is 1. The molecule has 3 heteroatoms. The van der Waals surface area contributed by atoms with Crippen LogP contribution in [0, 0.1) is 6.92 Å². The molecule has 1 atom stereocenters. The van der Waals surface area contributed by atoms with Crippen LogP contribution in [0.25, 0.3) is 0 Å². The third-order valence-corrected chi connectivity index (χ3v) is 2.91. The molecular weight excluding hydrogens is 214 g/mol. The summed E-state index contributed by atoms with van der Waals surface area (Å²) in [7, 11) is 1.69. The van der Waals surface area contributed by atoms with Gasteiger partial charge in [0.05, 0.1) is 13.2 Å². The Labute approximate surface area is 104 Å².